The summed E-state index contributed by atoms with van der Waals surface area (Å²) in [6, 6.07) is 11.8. The van der Waals surface area contributed by atoms with Crippen molar-refractivity contribution in [3.8, 4) is 11.3 Å². The third-order valence-electron chi connectivity index (χ3n) is 3.17. The fourth-order valence-electron chi connectivity index (χ4n) is 1.98. The van der Waals surface area contributed by atoms with Gasteiger partial charge in [-0.1, -0.05) is 12.1 Å². The number of hydrogen-bond donors (Lipinski definition) is 1. The highest BCUT2D eigenvalue weighted by Crippen LogP contribution is 2.25. The number of nitrogens with zero attached hydrogens (tertiary/aromatic N) is 1. The number of nitrogens with one attached hydrogen (secondary N) is 1. The molecular weight excluding hydrogens is 330 g/mol. The summed E-state index contributed by atoms with van der Waals surface area (Å²) in [5.74, 6) is -0.972. The Balaban J connectivity index is 1.64. The van der Waals surface area contributed by atoms with Crippen LogP contribution >= 0.6 is 11.3 Å². The van der Waals surface area contributed by atoms with Gasteiger partial charge in [-0.15, -0.1) is 11.3 Å². The molecule has 3 aromatic rings. The third-order valence-corrected chi connectivity index (χ3v) is 3.93. The van der Waals surface area contributed by atoms with Crippen molar-refractivity contribution in [1.29, 1.82) is 0 Å². The van der Waals surface area contributed by atoms with Crippen LogP contribution in [-0.4, -0.2) is 10.9 Å². The molecule has 0 saturated carbocycles. The van der Waals surface area contributed by atoms with E-state index in [-0.39, 0.29) is 17.5 Å². The van der Waals surface area contributed by atoms with E-state index in [0.717, 1.165) is 11.1 Å². The molecule has 1 heterocycles. The van der Waals surface area contributed by atoms with Crippen LogP contribution in [0.5, 0.6) is 0 Å². The van der Waals surface area contributed by atoms with E-state index >= 15 is 0 Å². The van der Waals surface area contributed by atoms with E-state index in [4.69, 9.17) is 0 Å². The second kappa shape index (κ2) is 7.14. The van der Waals surface area contributed by atoms with Gasteiger partial charge in [-0.25, -0.2) is 13.8 Å². The monoisotopic (exact) mass is 342 g/mol. The quantitative estimate of drug-likeness (QED) is 0.696. The molecule has 0 unspecified atom stereocenters. The lowest BCUT2D eigenvalue weighted by molar-refractivity contribution is -0.111. The van der Waals surface area contributed by atoms with Crippen LogP contribution in [0.4, 0.5) is 13.9 Å². The first-order chi connectivity index (χ1) is 11.6. The van der Waals surface area contributed by atoms with Gasteiger partial charge < -0.3 is 0 Å². The van der Waals surface area contributed by atoms with Crippen LogP contribution in [0.1, 0.15) is 5.56 Å². The summed E-state index contributed by atoms with van der Waals surface area (Å²) in [4.78, 5) is 16.2. The van der Waals surface area contributed by atoms with Gasteiger partial charge in [0.1, 0.15) is 11.6 Å². The van der Waals surface area contributed by atoms with Gasteiger partial charge in [0.2, 0.25) is 5.91 Å². The van der Waals surface area contributed by atoms with Gasteiger partial charge in [0.15, 0.2) is 5.13 Å². The Morgan fingerprint density at radius 2 is 1.62 bits per heavy atom. The average molecular weight is 342 g/mol. The van der Waals surface area contributed by atoms with Gasteiger partial charge in [-0.3, -0.25) is 10.1 Å². The average Bonchev–Trinajstić information content (AvgIpc) is 3.03. The number of anilines is 1. The predicted octanol–water partition coefficient (Wildman–Crippen LogP) is 4.74. The highest BCUT2D eigenvalue weighted by atomic mass is 32.1. The number of halogens is 2. The van der Waals surface area contributed by atoms with Gasteiger partial charge in [-0.05, 0) is 48.0 Å². The van der Waals surface area contributed by atoms with Crippen LogP contribution in [0.3, 0.4) is 0 Å². The number of rotatable bonds is 4. The Morgan fingerprint density at radius 1 is 1.00 bits per heavy atom. The van der Waals surface area contributed by atoms with E-state index in [1.807, 2.05) is 0 Å². The van der Waals surface area contributed by atoms with Crippen molar-refractivity contribution in [3.05, 3.63) is 77.2 Å². The van der Waals surface area contributed by atoms with Crippen LogP contribution in [-0.2, 0) is 4.79 Å². The smallest absolute Gasteiger partial charge is 0.250 e. The summed E-state index contributed by atoms with van der Waals surface area (Å²) < 4.78 is 25.7. The normalized spacial score (nSPS) is 10.9. The van der Waals surface area contributed by atoms with E-state index in [9.17, 15) is 13.6 Å². The molecule has 0 saturated heterocycles. The predicted molar refractivity (Wildman–Crippen MR) is 91.6 cm³/mol. The molecule has 24 heavy (non-hydrogen) atoms. The molecule has 120 valence electrons. The Bertz CT molecular complexity index is 871. The van der Waals surface area contributed by atoms with Crippen molar-refractivity contribution >= 4 is 28.5 Å². The van der Waals surface area contributed by atoms with Crippen LogP contribution in [0.25, 0.3) is 17.3 Å². The number of amides is 1. The molecule has 0 aliphatic heterocycles. The van der Waals surface area contributed by atoms with E-state index in [0.29, 0.717) is 10.8 Å². The largest absolute Gasteiger partial charge is 0.298 e. The summed E-state index contributed by atoms with van der Waals surface area (Å²) in [6.07, 6.45) is 2.94. The molecule has 0 aliphatic rings. The van der Waals surface area contributed by atoms with Crippen molar-refractivity contribution in [1.82, 2.24) is 4.98 Å². The van der Waals surface area contributed by atoms with Crippen LogP contribution in [0.2, 0.25) is 0 Å². The lowest BCUT2D eigenvalue weighted by atomic mass is 10.2. The minimum absolute atomic E-state index is 0.312. The molecule has 3 nitrogen and oxygen atoms in total. The van der Waals surface area contributed by atoms with Crippen molar-refractivity contribution in [2.24, 2.45) is 0 Å². The number of benzene rings is 2. The van der Waals surface area contributed by atoms with Crippen LogP contribution < -0.4 is 5.32 Å². The molecule has 0 aliphatic carbocycles. The standard InChI is InChI=1S/C18H12F2N2OS/c19-14-6-1-12(2-7-14)3-10-17(23)22-18-21-16(11-24-18)13-4-8-15(20)9-5-13/h1-11H,(H,21,22,23)/b10-3+. The van der Waals surface area contributed by atoms with Gasteiger partial charge >= 0.3 is 0 Å². The molecule has 1 aromatic heterocycles. The van der Waals surface area contributed by atoms with Crippen molar-refractivity contribution < 1.29 is 13.6 Å². The number of hydrogen-bond acceptors (Lipinski definition) is 3. The lowest BCUT2D eigenvalue weighted by Gasteiger charge is -1.97. The van der Waals surface area contributed by atoms with E-state index in [1.165, 1.54) is 41.7 Å². The molecule has 1 amide bonds. The maximum absolute atomic E-state index is 12.9. The minimum Gasteiger partial charge on any atom is -0.298 e. The first-order valence-electron chi connectivity index (χ1n) is 7.06. The number of aromatic nitrogens is 1. The van der Waals surface area contributed by atoms with Crippen LogP contribution in [0, 0.1) is 11.6 Å². The highest BCUT2D eigenvalue weighted by Gasteiger charge is 2.06. The van der Waals surface area contributed by atoms with Gasteiger partial charge in [0, 0.05) is 17.0 Å². The topological polar surface area (TPSA) is 42.0 Å². The molecule has 0 atom stereocenters. The Hall–Kier alpha value is -2.86. The fraction of sp³-hybridized carbons (Fsp3) is 0. The Labute approximate surface area is 141 Å². The maximum Gasteiger partial charge on any atom is 0.250 e. The van der Waals surface area contributed by atoms with Crippen molar-refractivity contribution in [2.45, 2.75) is 0 Å². The summed E-state index contributed by atoms with van der Waals surface area (Å²) in [6.45, 7) is 0. The summed E-state index contributed by atoms with van der Waals surface area (Å²) in [7, 11) is 0. The van der Waals surface area contributed by atoms with Crippen molar-refractivity contribution in [2.75, 3.05) is 5.32 Å². The Kier molecular flexibility index (Phi) is 4.77. The number of carbonyl (C=O) groups excluding carboxylic acids is 1. The zero-order chi connectivity index (χ0) is 16.9. The van der Waals surface area contributed by atoms with Crippen molar-refractivity contribution in [3.63, 3.8) is 0 Å². The first-order valence-corrected chi connectivity index (χ1v) is 7.94. The SMILES string of the molecule is O=C(/C=C/c1ccc(F)cc1)Nc1nc(-c2ccc(F)cc2)cs1. The number of thiazole rings is 1. The molecule has 0 fully saturated rings. The molecule has 0 radical (unpaired) electrons. The molecule has 6 heteroatoms. The molecule has 2 aromatic carbocycles. The maximum atomic E-state index is 12.9. The summed E-state index contributed by atoms with van der Waals surface area (Å²) in [5.41, 5.74) is 2.16. The first kappa shape index (κ1) is 16.0. The second-order valence-electron chi connectivity index (χ2n) is 4.92. The zero-order valence-corrected chi connectivity index (χ0v) is 13.2. The highest BCUT2D eigenvalue weighted by molar-refractivity contribution is 7.14. The van der Waals surface area contributed by atoms with E-state index < -0.39 is 0 Å². The van der Waals surface area contributed by atoms with E-state index in [2.05, 4.69) is 10.3 Å². The van der Waals surface area contributed by atoms with Crippen LogP contribution in [0.15, 0.2) is 60.0 Å². The van der Waals surface area contributed by atoms with Gasteiger partial charge in [-0.2, -0.15) is 0 Å². The molecule has 3 rings (SSSR count). The Morgan fingerprint density at radius 3 is 2.29 bits per heavy atom. The lowest BCUT2D eigenvalue weighted by Crippen LogP contribution is -2.07. The molecular formula is C18H12F2N2OS. The molecule has 1 N–H and O–H groups in total. The molecule has 0 bridgehead atoms. The zero-order valence-electron chi connectivity index (χ0n) is 12.4. The van der Waals surface area contributed by atoms with Gasteiger partial charge in [0.25, 0.3) is 0 Å². The minimum atomic E-state index is -0.334. The van der Waals surface area contributed by atoms with E-state index in [1.54, 1.807) is 35.7 Å². The number of carbonyl (C=O) groups is 1. The fourth-order valence-corrected chi connectivity index (χ4v) is 2.70. The summed E-state index contributed by atoms with van der Waals surface area (Å²) in [5, 5.41) is 4.89. The van der Waals surface area contributed by atoms with Gasteiger partial charge in [0.05, 0.1) is 5.69 Å². The summed E-state index contributed by atoms with van der Waals surface area (Å²) >= 11 is 1.28. The second-order valence-corrected chi connectivity index (χ2v) is 5.78. The third kappa shape index (κ3) is 4.11. The molecule has 0 spiro atoms.